The Morgan fingerprint density at radius 1 is 1.17 bits per heavy atom. The number of ether oxygens (including phenoxy) is 2. The van der Waals surface area contributed by atoms with Gasteiger partial charge in [-0.05, 0) is 48.9 Å². The zero-order valence-corrected chi connectivity index (χ0v) is 18.2. The van der Waals surface area contributed by atoms with E-state index in [4.69, 9.17) is 30.5 Å². The fourth-order valence-corrected chi connectivity index (χ4v) is 4.37. The number of anilines is 1. The molecule has 0 N–H and O–H groups in total. The molecule has 154 valence electrons. The number of aromatic nitrogens is 1. The van der Waals surface area contributed by atoms with Gasteiger partial charge in [0.05, 0.1) is 42.8 Å². The molecule has 2 heterocycles. The van der Waals surface area contributed by atoms with Crippen molar-refractivity contribution in [3.8, 4) is 11.5 Å². The first-order valence-electron chi connectivity index (χ1n) is 9.14. The predicted molar refractivity (Wildman–Crippen MR) is 118 cm³/mol. The molecule has 0 aliphatic carbocycles. The molecule has 2 aromatic heterocycles. The molecule has 0 bridgehead atoms. The SMILES string of the molecule is COc1cccc(C(=O)N(Cc2ccco2)c2nc3c(C)c(Cl)ccc3s2)c1OC. The number of rotatable bonds is 6. The number of furan rings is 1. The van der Waals surface area contributed by atoms with Gasteiger partial charge in [-0.15, -0.1) is 0 Å². The van der Waals surface area contributed by atoms with E-state index >= 15 is 0 Å². The minimum atomic E-state index is -0.273. The molecule has 0 spiro atoms. The quantitative estimate of drug-likeness (QED) is 0.382. The Morgan fingerprint density at radius 2 is 2.00 bits per heavy atom. The van der Waals surface area contributed by atoms with E-state index in [2.05, 4.69) is 0 Å². The molecular formula is C22H19ClN2O4S. The van der Waals surface area contributed by atoms with Gasteiger partial charge in [0.2, 0.25) is 0 Å². The summed E-state index contributed by atoms with van der Waals surface area (Å²) in [5.41, 5.74) is 2.02. The maximum Gasteiger partial charge on any atom is 0.264 e. The van der Waals surface area contributed by atoms with Gasteiger partial charge in [0.25, 0.3) is 5.91 Å². The highest BCUT2D eigenvalue weighted by Crippen LogP contribution is 2.37. The number of fused-ring (bicyclic) bond motifs is 1. The van der Waals surface area contributed by atoms with Crippen LogP contribution in [0.25, 0.3) is 10.2 Å². The molecule has 6 nitrogen and oxygen atoms in total. The van der Waals surface area contributed by atoms with Gasteiger partial charge in [-0.25, -0.2) is 4.98 Å². The van der Waals surface area contributed by atoms with Crippen LogP contribution in [0.5, 0.6) is 11.5 Å². The van der Waals surface area contributed by atoms with Crippen LogP contribution in [0.2, 0.25) is 5.02 Å². The standard InChI is InChI=1S/C22H19ClN2O4S/c1-13-16(23)9-10-18-19(13)24-22(30-18)25(12-14-6-5-11-29-14)21(26)15-7-4-8-17(27-2)20(15)28-3/h4-11H,12H2,1-3H3. The summed E-state index contributed by atoms with van der Waals surface area (Å²) in [5.74, 6) is 1.21. The van der Waals surface area contributed by atoms with Crippen LogP contribution in [-0.4, -0.2) is 25.1 Å². The molecule has 0 fully saturated rings. The van der Waals surface area contributed by atoms with Crippen molar-refractivity contribution >= 4 is 44.2 Å². The second-order valence-electron chi connectivity index (χ2n) is 6.53. The second kappa shape index (κ2) is 8.38. The first kappa shape index (κ1) is 20.3. The van der Waals surface area contributed by atoms with Gasteiger partial charge in [-0.3, -0.25) is 9.69 Å². The predicted octanol–water partition coefficient (Wildman–Crippen LogP) is 5.72. The van der Waals surface area contributed by atoms with Crippen molar-refractivity contribution in [2.75, 3.05) is 19.1 Å². The number of benzene rings is 2. The van der Waals surface area contributed by atoms with E-state index in [9.17, 15) is 4.79 Å². The maximum atomic E-state index is 13.6. The number of halogens is 1. The van der Waals surface area contributed by atoms with Crippen LogP contribution in [0.15, 0.2) is 53.1 Å². The molecular weight excluding hydrogens is 424 g/mol. The van der Waals surface area contributed by atoms with Crippen LogP contribution in [0.4, 0.5) is 5.13 Å². The first-order chi connectivity index (χ1) is 14.5. The number of hydrogen-bond acceptors (Lipinski definition) is 6. The van der Waals surface area contributed by atoms with E-state index in [0.717, 1.165) is 15.8 Å². The van der Waals surface area contributed by atoms with Crippen LogP contribution in [0.1, 0.15) is 21.7 Å². The van der Waals surface area contributed by atoms with E-state index in [0.29, 0.717) is 33.0 Å². The smallest absolute Gasteiger partial charge is 0.264 e. The lowest BCUT2D eigenvalue weighted by Gasteiger charge is -2.20. The lowest BCUT2D eigenvalue weighted by Crippen LogP contribution is -2.30. The molecule has 4 aromatic rings. The van der Waals surface area contributed by atoms with Crippen LogP contribution in [0.3, 0.4) is 0 Å². The van der Waals surface area contributed by atoms with E-state index in [1.807, 2.05) is 25.1 Å². The van der Waals surface area contributed by atoms with Gasteiger partial charge < -0.3 is 13.9 Å². The van der Waals surface area contributed by atoms with Crippen LogP contribution >= 0.6 is 22.9 Å². The molecule has 30 heavy (non-hydrogen) atoms. The van der Waals surface area contributed by atoms with Crippen molar-refractivity contribution in [3.63, 3.8) is 0 Å². The number of methoxy groups -OCH3 is 2. The number of amides is 1. The summed E-state index contributed by atoms with van der Waals surface area (Å²) >= 11 is 7.68. The minimum absolute atomic E-state index is 0.221. The van der Waals surface area contributed by atoms with Gasteiger partial charge in [0, 0.05) is 5.02 Å². The minimum Gasteiger partial charge on any atom is -0.493 e. The largest absolute Gasteiger partial charge is 0.493 e. The van der Waals surface area contributed by atoms with Gasteiger partial charge in [-0.1, -0.05) is 29.0 Å². The van der Waals surface area contributed by atoms with Gasteiger partial charge in [-0.2, -0.15) is 0 Å². The van der Waals surface area contributed by atoms with Gasteiger partial charge >= 0.3 is 0 Å². The van der Waals surface area contributed by atoms with Crippen molar-refractivity contribution in [2.45, 2.75) is 13.5 Å². The lowest BCUT2D eigenvalue weighted by molar-refractivity contribution is 0.0979. The third-order valence-electron chi connectivity index (χ3n) is 4.74. The third kappa shape index (κ3) is 3.62. The molecule has 0 atom stereocenters. The Labute approximate surface area is 182 Å². The fourth-order valence-electron chi connectivity index (χ4n) is 3.19. The summed E-state index contributed by atoms with van der Waals surface area (Å²) in [7, 11) is 3.04. The van der Waals surface area contributed by atoms with Crippen molar-refractivity contribution in [1.82, 2.24) is 4.98 Å². The highest BCUT2D eigenvalue weighted by Gasteiger charge is 2.27. The molecule has 8 heteroatoms. The summed E-state index contributed by atoms with van der Waals surface area (Å²) in [6.45, 7) is 2.14. The molecule has 2 aromatic carbocycles. The van der Waals surface area contributed by atoms with E-state index in [1.165, 1.54) is 25.6 Å². The number of nitrogens with zero attached hydrogens (tertiary/aromatic N) is 2. The average molecular weight is 443 g/mol. The maximum absolute atomic E-state index is 13.6. The number of hydrogen-bond donors (Lipinski definition) is 0. The monoisotopic (exact) mass is 442 g/mol. The molecule has 0 saturated heterocycles. The van der Waals surface area contributed by atoms with Gasteiger partial charge in [0.15, 0.2) is 16.6 Å². The third-order valence-corrected chi connectivity index (χ3v) is 6.19. The van der Waals surface area contributed by atoms with Crippen LogP contribution < -0.4 is 14.4 Å². The van der Waals surface area contributed by atoms with E-state index in [-0.39, 0.29) is 12.5 Å². The Morgan fingerprint density at radius 3 is 2.70 bits per heavy atom. The number of para-hydroxylation sites is 1. The van der Waals surface area contributed by atoms with Crippen molar-refractivity contribution in [3.05, 3.63) is 70.6 Å². The zero-order chi connectivity index (χ0) is 21.3. The summed E-state index contributed by atoms with van der Waals surface area (Å²) in [5, 5.41) is 1.18. The second-order valence-corrected chi connectivity index (χ2v) is 7.94. The summed E-state index contributed by atoms with van der Waals surface area (Å²) in [4.78, 5) is 19.9. The molecule has 4 rings (SSSR count). The molecule has 1 amide bonds. The fraction of sp³-hybridized carbons (Fsp3) is 0.182. The van der Waals surface area contributed by atoms with E-state index < -0.39 is 0 Å². The zero-order valence-electron chi connectivity index (χ0n) is 16.6. The van der Waals surface area contributed by atoms with Crippen LogP contribution in [-0.2, 0) is 6.54 Å². The first-order valence-corrected chi connectivity index (χ1v) is 10.3. The highest BCUT2D eigenvalue weighted by molar-refractivity contribution is 7.22. The average Bonchev–Trinajstić information content (AvgIpc) is 3.43. The van der Waals surface area contributed by atoms with Crippen LogP contribution in [0, 0.1) is 6.92 Å². The Balaban J connectivity index is 1.83. The van der Waals surface area contributed by atoms with Gasteiger partial charge in [0.1, 0.15) is 5.76 Å². The highest BCUT2D eigenvalue weighted by atomic mass is 35.5. The van der Waals surface area contributed by atoms with Crippen molar-refractivity contribution in [2.24, 2.45) is 0 Å². The Kier molecular flexibility index (Phi) is 5.65. The van der Waals surface area contributed by atoms with Crippen molar-refractivity contribution < 1.29 is 18.7 Å². The summed E-state index contributed by atoms with van der Waals surface area (Å²) < 4.78 is 17.3. The number of aryl methyl sites for hydroxylation is 1. The summed E-state index contributed by atoms with van der Waals surface area (Å²) in [6.07, 6.45) is 1.58. The molecule has 0 aliphatic heterocycles. The van der Waals surface area contributed by atoms with Crippen molar-refractivity contribution in [1.29, 1.82) is 0 Å². The molecule has 0 saturated carbocycles. The Bertz CT molecular complexity index is 1200. The normalized spacial score (nSPS) is 10.9. The summed E-state index contributed by atoms with van der Waals surface area (Å²) in [6, 6.07) is 12.6. The number of thiazole rings is 1. The molecule has 0 aliphatic rings. The topological polar surface area (TPSA) is 64.8 Å². The molecule has 0 radical (unpaired) electrons. The molecule has 0 unspecified atom stereocenters. The van der Waals surface area contributed by atoms with E-state index in [1.54, 1.807) is 35.4 Å². The Hall–Kier alpha value is -3.03. The number of carbonyl (C=O) groups excluding carboxylic acids is 1. The number of carbonyl (C=O) groups is 1. The lowest BCUT2D eigenvalue weighted by atomic mass is 10.1.